The molecule has 1 rings (SSSR count). The molecule has 1 heterocycles. The van der Waals surface area contributed by atoms with E-state index in [1.165, 1.54) is 0 Å². The first-order chi connectivity index (χ1) is 9.31. The number of alkyl halides is 1. The van der Waals surface area contributed by atoms with Gasteiger partial charge >= 0.3 is 0 Å². The maximum atomic E-state index is 5.83. The Bertz CT molecular complexity index is 340. The number of halogens is 1. The van der Waals surface area contributed by atoms with Gasteiger partial charge in [0.1, 0.15) is 0 Å². The average molecular weight is 287 g/mol. The van der Waals surface area contributed by atoms with E-state index in [2.05, 4.69) is 9.88 Å². The number of ether oxygens (including phenoxy) is 2. The molecule has 0 radical (unpaired) electrons. The molecule has 0 aliphatic carbocycles. The second-order valence-corrected chi connectivity index (χ2v) is 4.29. The van der Waals surface area contributed by atoms with Crippen LogP contribution in [-0.4, -0.2) is 44.5 Å². The second kappa shape index (κ2) is 10.0. The molecule has 0 aliphatic rings. The van der Waals surface area contributed by atoms with Crippen LogP contribution in [0.2, 0.25) is 0 Å². The van der Waals surface area contributed by atoms with Gasteiger partial charge in [0.25, 0.3) is 0 Å². The minimum atomic E-state index is 0.429. The highest BCUT2D eigenvalue weighted by atomic mass is 35.5. The SMILES string of the molecule is CCOCCN(CCOCC)c1ccnc(CCl)c1. The molecule has 108 valence electrons. The average Bonchev–Trinajstić information content (AvgIpc) is 2.46. The van der Waals surface area contributed by atoms with E-state index in [0.29, 0.717) is 19.1 Å². The van der Waals surface area contributed by atoms with E-state index in [-0.39, 0.29) is 0 Å². The predicted molar refractivity (Wildman–Crippen MR) is 79.0 cm³/mol. The summed E-state index contributed by atoms with van der Waals surface area (Å²) in [4.78, 5) is 6.45. The van der Waals surface area contributed by atoms with Crippen molar-refractivity contribution in [3.63, 3.8) is 0 Å². The molecule has 0 saturated heterocycles. The van der Waals surface area contributed by atoms with Crippen molar-refractivity contribution < 1.29 is 9.47 Å². The third-order valence-electron chi connectivity index (χ3n) is 2.72. The Labute approximate surface area is 120 Å². The van der Waals surface area contributed by atoms with Gasteiger partial charge in [0.15, 0.2) is 0 Å². The van der Waals surface area contributed by atoms with E-state index >= 15 is 0 Å². The molecule has 0 aliphatic heterocycles. The third-order valence-corrected chi connectivity index (χ3v) is 3.00. The lowest BCUT2D eigenvalue weighted by Crippen LogP contribution is -2.31. The Kier molecular flexibility index (Phi) is 8.54. The summed E-state index contributed by atoms with van der Waals surface area (Å²) < 4.78 is 10.8. The van der Waals surface area contributed by atoms with Crippen LogP contribution in [0, 0.1) is 0 Å². The quantitative estimate of drug-likeness (QED) is 0.489. The number of aromatic nitrogens is 1. The molecule has 0 aromatic carbocycles. The van der Waals surface area contributed by atoms with Crippen LogP contribution in [-0.2, 0) is 15.4 Å². The summed E-state index contributed by atoms with van der Waals surface area (Å²) in [6, 6.07) is 4.01. The molecule has 0 atom stereocenters. The summed E-state index contributed by atoms with van der Waals surface area (Å²) >= 11 is 5.83. The first-order valence-corrected chi connectivity index (χ1v) is 7.26. The first kappa shape index (κ1) is 16.2. The number of anilines is 1. The molecule has 5 heteroatoms. The predicted octanol–water partition coefficient (Wildman–Crippen LogP) is 2.70. The Morgan fingerprint density at radius 1 is 1.16 bits per heavy atom. The zero-order valence-electron chi connectivity index (χ0n) is 11.8. The molecular formula is C14H23ClN2O2. The Hall–Kier alpha value is -0.840. The summed E-state index contributed by atoms with van der Waals surface area (Å²) in [6.07, 6.45) is 1.79. The van der Waals surface area contributed by atoms with Crippen LogP contribution >= 0.6 is 11.6 Å². The highest BCUT2D eigenvalue weighted by Gasteiger charge is 2.07. The van der Waals surface area contributed by atoms with Crippen molar-refractivity contribution in [3.8, 4) is 0 Å². The van der Waals surface area contributed by atoms with Gasteiger partial charge in [-0.1, -0.05) is 0 Å². The minimum absolute atomic E-state index is 0.429. The van der Waals surface area contributed by atoms with Crippen LogP contribution in [0.25, 0.3) is 0 Å². The molecule has 19 heavy (non-hydrogen) atoms. The normalized spacial score (nSPS) is 10.7. The summed E-state index contributed by atoms with van der Waals surface area (Å²) in [5, 5.41) is 0. The van der Waals surface area contributed by atoms with Gasteiger partial charge in [-0.2, -0.15) is 0 Å². The van der Waals surface area contributed by atoms with E-state index in [1.54, 1.807) is 6.20 Å². The zero-order chi connectivity index (χ0) is 13.9. The summed E-state index contributed by atoms with van der Waals surface area (Å²) in [6.45, 7) is 8.58. The van der Waals surface area contributed by atoms with E-state index < -0.39 is 0 Å². The van der Waals surface area contributed by atoms with Gasteiger partial charge < -0.3 is 14.4 Å². The molecule has 1 aromatic heterocycles. The maximum Gasteiger partial charge on any atom is 0.0648 e. The van der Waals surface area contributed by atoms with Crippen molar-refractivity contribution in [2.45, 2.75) is 19.7 Å². The summed E-state index contributed by atoms with van der Waals surface area (Å²) in [5.41, 5.74) is 2.00. The Morgan fingerprint density at radius 3 is 2.32 bits per heavy atom. The number of hydrogen-bond donors (Lipinski definition) is 0. The fraction of sp³-hybridized carbons (Fsp3) is 0.643. The van der Waals surface area contributed by atoms with Crippen LogP contribution in [0.15, 0.2) is 18.3 Å². The monoisotopic (exact) mass is 286 g/mol. The van der Waals surface area contributed by atoms with Crippen LogP contribution in [0.1, 0.15) is 19.5 Å². The minimum Gasteiger partial charge on any atom is -0.380 e. The Balaban J connectivity index is 2.63. The topological polar surface area (TPSA) is 34.6 Å². The van der Waals surface area contributed by atoms with Crippen LogP contribution in [0.5, 0.6) is 0 Å². The standard InChI is InChI=1S/C14H23ClN2O2/c1-3-18-9-7-17(8-10-19-4-2)14-5-6-16-13(11-14)12-15/h5-6,11H,3-4,7-10,12H2,1-2H3. The van der Waals surface area contributed by atoms with E-state index in [0.717, 1.165) is 37.7 Å². The van der Waals surface area contributed by atoms with Gasteiger partial charge in [-0.05, 0) is 26.0 Å². The molecule has 0 spiro atoms. The summed E-state index contributed by atoms with van der Waals surface area (Å²) in [7, 11) is 0. The smallest absolute Gasteiger partial charge is 0.0648 e. The Morgan fingerprint density at radius 2 is 1.79 bits per heavy atom. The maximum absolute atomic E-state index is 5.83. The fourth-order valence-electron chi connectivity index (χ4n) is 1.74. The molecule has 4 nitrogen and oxygen atoms in total. The number of hydrogen-bond acceptors (Lipinski definition) is 4. The number of nitrogens with zero attached hydrogens (tertiary/aromatic N) is 2. The van der Waals surface area contributed by atoms with Crippen LogP contribution in [0.4, 0.5) is 5.69 Å². The molecule has 0 N–H and O–H groups in total. The molecule has 0 fully saturated rings. The largest absolute Gasteiger partial charge is 0.380 e. The van der Waals surface area contributed by atoms with Gasteiger partial charge in [0.05, 0.1) is 24.8 Å². The van der Waals surface area contributed by atoms with Crippen molar-refractivity contribution in [2.24, 2.45) is 0 Å². The first-order valence-electron chi connectivity index (χ1n) is 6.73. The molecular weight excluding hydrogens is 264 g/mol. The summed E-state index contributed by atoms with van der Waals surface area (Å²) in [5.74, 6) is 0.429. The lowest BCUT2D eigenvalue weighted by Gasteiger charge is -2.24. The van der Waals surface area contributed by atoms with Gasteiger partial charge in [-0.3, -0.25) is 4.98 Å². The van der Waals surface area contributed by atoms with E-state index in [9.17, 15) is 0 Å². The van der Waals surface area contributed by atoms with Gasteiger partial charge in [0.2, 0.25) is 0 Å². The lowest BCUT2D eigenvalue weighted by molar-refractivity contribution is 0.141. The fourth-order valence-corrected chi connectivity index (χ4v) is 1.89. The second-order valence-electron chi connectivity index (χ2n) is 4.02. The van der Waals surface area contributed by atoms with Gasteiger partial charge in [-0.25, -0.2) is 0 Å². The molecule has 0 bridgehead atoms. The van der Waals surface area contributed by atoms with Crippen molar-refractivity contribution in [1.82, 2.24) is 4.98 Å². The van der Waals surface area contributed by atoms with Crippen molar-refractivity contribution >= 4 is 17.3 Å². The molecule has 0 unspecified atom stereocenters. The van der Waals surface area contributed by atoms with E-state index in [4.69, 9.17) is 21.1 Å². The highest BCUT2D eigenvalue weighted by molar-refractivity contribution is 6.16. The van der Waals surface area contributed by atoms with E-state index in [1.807, 2.05) is 26.0 Å². The number of pyridine rings is 1. The van der Waals surface area contributed by atoms with Crippen molar-refractivity contribution in [1.29, 1.82) is 0 Å². The van der Waals surface area contributed by atoms with Crippen molar-refractivity contribution in [3.05, 3.63) is 24.0 Å². The molecule has 0 saturated carbocycles. The molecule has 1 aromatic rings. The highest BCUT2D eigenvalue weighted by Crippen LogP contribution is 2.15. The van der Waals surface area contributed by atoms with Crippen molar-refractivity contribution in [2.75, 3.05) is 44.4 Å². The van der Waals surface area contributed by atoms with Crippen LogP contribution < -0.4 is 4.90 Å². The third kappa shape index (κ3) is 6.23. The number of rotatable bonds is 10. The zero-order valence-corrected chi connectivity index (χ0v) is 12.5. The van der Waals surface area contributed by atoms with Gasteiger partial charge in [0, 0.05) is 38.2 Å². The lowest BCUT2D eigenvalue weighted by atomic mass is 10.3. The van der Waals surface area contributed by atoms with Crippen LogP contribution in [0.3, 0.4) is 0 Å². The van der Waals surface area contributed by atoms with Gasteiger partial charge in [-0.15, -0.1) is 11.6 Å². The molecule has 0 amide bonds.